The molecule has 1 aromatic rings. The number of amides is 3. The molecule has 7 nitrogen and oxygen atoms in total. The highest BCUT2D eigenvalue weighted by Crippen LogP contribution is 2.40. The van der Waals surface area contributed by atoms with Gasteiger partial charge in [-0.05, 0) is 57.2 Å². The molecular formula is C20H27N3O4. The summed E-state index contributed by atoms with van der Waals surface area (Å²) in [7, 11) is 0. The lowest BCUT2D eigenvalue weighted by atomic mass is 9.84. The maximum absolute atomic E-state index is 13.2. The van der Waals surface area contributed by atoms with Crippen molar-refractivity contribution in [1.82, 2.24) is 10.2 Å². The Hall–Kier alpha value is -2.57. The van der Waals surface area contributed by atoms with Crippen molar-refractivity contribution in [1.29, 1.82) is 0 Å². The summed E-state index contributed by atoms with van der Waals surface area (Å²) in [5.41, 5.74) is 0.903. The molecule has 1 heterocycles. The number of likely N-dealkylation sites (tertiary alicyclic amines) is 1. The van der Waals surface area contributed by atoms with E-state index in [1.807, 2.05) is 13.8 Å². The average molecular weight is 373 g/mol. The van der Waals surface area contributed by atoms with Gasteiger partial charge in [0.25, 0.3) is 5.91 Å². The Bertz CT molecular complexity index is 734. The predicted molar refractivity (Wildman–Crippen MR) is 102 cm³/mol. The Kier molecular flexibility index (Phi) is 5.68. The molecule has 0 radical (unpaired) electrons. The zero-order valence-corrected chi connectivity index (χ0v) is 15.8. The largest absolute Gasteiger partial charge is 0.480 e. The lowest BCUT2D eigenvalue weighted by Crippen LogP contribution is -2.46. The summed E-state index contributed by atoms with van der Waals surface area (Å²) in [5, 5.41) is 15.1. The average Bonchev–Trinajstić information content (AvgIpc) is 3.00. The highest BCUT2D eigenvalue weighted by molar-refractivity contribution is 5.99. The van der Waals surface area contributed by atoms with Gasteiger partial charge in [0.15, 0.2) is 0 Å². The van der Waals surface area contributed by atoms with Crippen LogP contribution in [0.1, 0.15) is 56.3 Å². The number of fused-ring (bicyclic) bond motifs is 1. The number of carbonyl (C=O) groups is 3. The molecule has 0 bridgehead atoms. The van der Waals surface area contributed by atoms with Crippen molar-refractivity contribution in [2.24, 2.45) is 5.92 Å². The molecule has 27 heavy (non-hydrogen) atoms. The number of aliphatic carboxylic acids is 1. The summed E-state index contributed by atoms with van der Waals surface area (Å²) < 4.78 is 0. The van der Waals surface area contributed by atoms with Crippen LogP contribution in [0.25, 0.3) is 0 Å². The Morgan fingerprint density at radius 1 is 1.19 bits per heavy atom. The maximum atomic E-state index is 13.2. The quantitative estimate of drug-likeness (QED) is 0.755. The van der Waals surface area contributed by atoms with Crippen molar-refractivity contribution in [3.63, 3.8) is 0 Å². The van der Waals surface area contributed by atoms with Crippen LogP contribution in [0, 0.1) is 5.92 Å². The van der Waals surface area contributed by atoms with Crippen LogP contribution in [-0.4, -0.2) is 46.0 Å². The second-order valence-corrected chi connectivity index (χ2v) is 7.75. The second-order valence-electron chi connectivity index (χ2n) is 7.75. The van der Waals surface area contributed by atoms with E-state index in [2.05, 4.69) is 10.6 Å². The van der Waals surface area contributed by atoms with Crippen molar-refractivity contribution in [2.45, 2.75) is 64.1 Å². The maximum Gasteiger partial charge on any atom is 0.326 e. The standard InChI is InChI=1S/C20H27N3O4/c1-12(2)21-20(27)22-15-8-5-7-14(10-15)18(24)23-16-9-4-3-6-13(16)11-17(23)19(25)26/h5,7-8,10,12-13,16-17H,3-4,6,9,11H2,1-2H3,(H,25,26)(H2,21,22,27). The van der Waals surface area contributed by atoms with Crippen molar-refractivity contribution >= 4 is 23.6 Å². The number of carboxylic acid groups (broad SMARTS) is 1. The molecule has 146 valence electrons. The van der Waals surface area contributed by atoms with Gasteiger partial charge in [-0.3, -0.25) is 4.79 Å². The summed E-state index contributed by atoms with van der Waals surface area (Å²) in [4.78, 5) is 38.4. The Morgan fingerprint density at radius 3 is 2.63 bits per heavy atom. The molecule has 2 aliphatic rings. The van der Waals surface area contributed by atoms with Gasteiger partial charge in [-0.2, -0.15) is 0 Å². The van der Waals surface area contributed by atoms with E-state index in [1.165, 1.54) is 0 Å². The van der Waals surface area contributed by atoms with Crippen molar-refractivity contribution in [3.8, 4) is 0 Å². The van der Waals surface area contributed by atoms with Crippen molar-refractivity contribution in [2.75, 3.05) is 5.32 Å². The first-order valence-corrected chi connectivity index (χ1v) is 9.60. The molecule has 0 spiro atoms. The van der Waals surface area contributed by atoms with Gasteiger partial charge in [-0.25, -0.2) is 9.59 Å². The summed E-state index contributed by atoms with van der Waals surface area (Å²) in [5.74, 6) is -0.949. The third kappa shape index (κ3) is 4.23. The molecule has 1 saturated carbocycles. The summed E-state index contributed by atoms with van der Waals surface area (Å²) in [6.07, 6.45) is 4.48. The Labute approximate surface area is 159 Å². The molecular weight excluding hydrogens is 346 g/mol. The monoisotopic (exact) mass is 373 g/mol. The van der Waals surface area contributed by atoms with E-state index >= 15 is 0 Å². The second kappa shape index (κ2) is 7.98. The molecule has 1 aliphatic carbocycles. The lowest BCUT2D eigenvalue weighted by Gasteiger charge is -2.33. The van der Waals surface area contributed by atoms with Crippen LogP contribution in [0.4, 0.5) is 10.5 Å². The third-order valence-corrected chi connectivity index (χ3v) is 5.39. The number of nitrogens with one attached hydrogen (secondary N) is 2. The molecule has 7 heteroatoms. The van der Waals surface area contributed by atoms with Gasteiger partial charge in [-0.15, -0.1) is 0 Å². The lowest BCUT2D eigenvalue weighted by molar-refractivity contribution is -0.141. The number of carboxylic acids is 1. The van der Waals surface area contributed by atoms with Crippen LogP contribution in [0.15, 0.2) is 24.3 Å². The van der Waals surface area contributed by atoms with Crippen LogP contribution >= 0.6 is 0 Å². The van der Waals surface area contributed by atoms with Gasteiger partial charge in [0.1, 0.15) is 6.04 Å². The van der Waals surface area contributed by atoms with E-state index in [-0.39, 0.29) is 29.9 Å². The first-order valence-electron chi connectivity index (χ1n) is 9.60. The topological polar surface area (TPSA) is 98.7 Å². The number of rotatable bonds is 4. The highest BCUT2D eigenvalue weighted by atomic mass is 16.4. The molecule has 3 amide bonds. The molecule has 0 aromatic heterocycles. The van der Waals surface area contributed by atoms with Gasteiger partial charge >= 0.3 is 12.0 Å². The minimum atomic E-state index is -0.941. The van der Waals surface area contributed by atoms with E-state index in [1.54, 1.807) is 29.2 Å². The number of carbonyl (C=O) groups excluding carboxylic acids is 2. The van der Waals surface area contributed by atoms with E-state index in [0.717, 1.165) is 25.7 Å². The molecule has 1 saturated heterocycles. The van der Waals surface area contributed by atoms with Gasteiger partial charge in [0, 0.05) is 23.3 Å². The summed E-state index contributed by atoms with van der Waals surface area (Å²) in [6.45, 7) is 3.72. The van der Waals surface area contributed by atoms with Crippen molar-refractivity contribution in [3.05, 3.63) is 29.8 Å². The van der Waals surface area contributed by atoms with Gasteiger partial charge < -0.3 is 20.6 Å². The number of hydrogen-bond donors (Lipinski definition) is 3. The number of urea groups is 1. The fourth-order valence-corrected chi connectivity index (χ4v) is 4.28. The molecule has 1 aromatic carbocycles. The molecule has 1 aliphatic heterocycles. The first-order chi connectivity index (χ1) is 12.9. The normalized spacial score (nSPS) is 24.4. The van der Waals surface area contributed by atoms with E-state index in [9.17, 15) is 19.5 Å². The van der Waals surface area contributed by atoms with Gasteiger partial charge in [-0.1, -0.05) is 18.9 Å². The minimum Gasteiger partial charge on any atom is -0.480 e. The molecule has 3 N–H and O–H groups in total. The van der Waals surface area contributed by atoms with Crippen LogP contribution in [0.2, 0.25) is 0 Å². The zero-order chi connectivity index (χ0) is 19.6. The fraction of sp³-hybridized carbons (Fsp3) is 0.550. The van der Waals surface area contributed by atoms with Crippen molar-refractivity contribution < 1.29 is 19.5 Å². The number of hydrogen-bond acceptors (Lipinski definition) is 3. The number of benzene rings is 1. The van der Waals surface area contributed by atoms with Crippen LogP contribution in [-0.2, 0) is 4.79 Å². The van der Waals surface area contributed by atoms with Gasteiger partial charge in [0.2, 0.25) is 0 Å². The molecule has 3 atom stereocenters. The van der Waals surface area contributed by atoms with E-state index in [4.69, 9.17) is 0 Å². The Morgan fingerprint density at radius 2 is 1.93 bits per heavy atom. The molecule has 3 rings (SSSR count). The fourth-order valence-electron chi connectivity index (χ4n) is 4.28. The SMILES string of the molecule is CC(C)NC(=O)Nc1cccc(C(=O)N2C(C(=O)O)CC3CCCCC32)c1. The number of anilines is 1. The smallest absolute Gasteiger partial charge is 0.326 e. The minimum absolute atomic E-state index is 0.000950. The highest BCUT2D eigenvalue weighted by Gasteiger charge is 2.47. The predicted octanol–water partition coefficient (Wildman–Crippen LogP) is 3.07. The van der Waals surface area contributed by atoms with E-state index < -0.39 is 12.0 Å². The van der Waals surface area contributed by atoms with E-state index in [0.29, 0.717) is 17.7 Å². The van der Waals surface area contributed by atoms with Crippen LogP contribution in [0.5, 0.6) is 0 Å². The first kappa shape index (κ1) is 19.2. The summed E-state index contributed by atoms with van der Waals surface area (Å²) in [6, 6.07) is 5.56. The molecule has 3 unspecified atom stereocenters. The number of nitrogens with zero attached hydrogens (tertiary/aromatic N) is 1. The Balaban J connectivity index is 1.80. The molecule has 2 fully saturated rings. The third-order valence-electron chi connectivity index (χ3n) is 5.39. The van der Waals surface area contributed by atoms with Crippen LogP contribution < -0.4 is 10.6 Å². The van der Waals surface area contributed by atoms with Gasteiger partial charge in [0.05, 0.1) is 0 Å². The summed E-state index contributed by atoms with van der Waals surface area (Å²) >= 11 is 0. The van der Waals surface area contributed by atoms with Crippen LogP contribution in [0.3, 0.4) is 0 Å². The zero-order valence-electron chi connectivity index (χ0n) is 15.8.